The molecule has 0 fully saturated rings. The number of ether oxygens (including phenoxy) is 1. The van der Waals surface area contributed by atoms with Gasteiger partial charge in [-0.15, -0.1) is 0 Å². The summed E-state index contributed by atoms with van der Waals surface area (Å²) in [5, 5.41) is 8.81. The van der Waals surface area contributed by atoms with E-state index >= 15 is 0 Å². The number of carboxylic acids is 1. The number of benzene rings is 1. The minimum Gasteiger partial charge on any atom is -0.495 e. The number of carbonyl (C=O) groups is 1. The molecule has 0 aliphatic heterocycles. The molecule has 0 unspecified atom stereocenters. The predicted molar refractivity (Wildman–Crippen MR) is 65.0 cm³/mol. The number of rotatable bonds is 5. The first-order valence-electron chi connectivity index (χ1n) is 5.36. The Balaban J connectivity index is 3.47. The van der Waals surface area contributed by atoms with Gasteiger partial charge in [0.2, 0.25) is 10.0 Å². The van der Waals surface area contributed by atoms with E-state index in [1.165, 1.54) is 0 Å². The van der Waals surface area contributed by atoms with Gasteiger partial charge in [0.1, 0.15) is 23.4 Å². The fourth-order valence-corrected chi connectivity index (χ4v) is 2.94. The standard InChI is InChI=1S/C11H13F2NO5S/c1-6(11(15)16)14(2)20(17,18)10-8(13)4-7(12)5-9(10)19-3/h4-6H,1-3H3,(H,15,16)/t6-/m1/s1. The summed E-state index contributed by atoms with van der Waals surface area (Å²) in [6.07, 6.45) is 0. The highest BCUT2D eigenvalue weighted by Gasteiger charge is 2.34. The second-order valence-corrected chi connectivity index (χ2v) is 5.89. The van der Waals surface area contributed by atoms with Gasteiger partial charge in [0.15, 0.2) is 4.90 Å². The quantitative estimate of drug-likeness (QED) is 0.879. The van der Waals surface area contributed by atoms with Crippen molar-refractivity contribution in [1.29, 1.82) is 0 Å². The number of nitrogens with zero attached hydrogens (tertiary/aromatic N) is 1. The van der Waals surface area contributed by atoms with Gasteiger partial charge in [0.05, 0.1) is 7.11 Å². The maximum absolute atomic E-state index is 13.7. The van der Waals surface area contributed by atoms with Crippen molar-refractivity contribution < 1.29 is 31.8 Å². The second kappa shape index (κ2) is 5.71. The van der Waals surface area contributed by atoms with Crippen LogP contribution in [-0.2, 0) is 14.8 Å². The Hall–Kier alpha value is -1.74. The van der Waals surface area contributed by atoms with Crippen molar-refractivity contribution in [2.45, 2.75) is 17.9 Å². The number of hydrogen-bond donors (Lipinski definition) is 1. The molecule has 0 radical (unpaired) electrons. The maximum atomic E-state index is 13.7. The number of aliphatic carboxylic acids is 1. The number of likely N-dealkylation sites (N-methyl/N-ethyl adjacent to an activating group) is 1. The van der Waals surface area contributed by atoms with E-state index in [1.807, 2.05) is 0 Å². The van der Waals surface area contributed by atoms with Crippen LogP contribution >= 0.6 is 0 Å². The molecular weight excluding hydrogens is 296 g/mol. The average Bonchev–Trinajstić information content (AvgIpc) is 2.35. The Bertz CT molecular complexity index is 632. The van der Waals surface area contributed by atoms with Crippen molar-refractivity contribution in [3.63, 3.8) is 0 Å². The lowest BCUT2D eigenvalue weighted by Gasteiger charge is -2.22. The molecule has 0 aromatic heterocycles. The molecule has 0 aliphatic carbocycles. The van der Waals surface area contributed by atoms with Crippen molar-refractivity contribution in [2.75, 3.05) is 14.2 Å². The summed E-state index contributed by atoms with van der Waals surface area (Å²) in [5.41, 5.74) is 0. The van der Waals surface area contributed by atoms with Crippen LogP contribution < -0.4 is 4.74 Å². The zero-order valence-electron chi connectivity index (χ0n) is 10.9. The molecule has 0 saturated heterocycles. The summed E-state index contributed by atoms with van der Waals surface area (Å²) in [7, 11) is -2.46. The van der Waals surface area contributed by atoms with E-state index < -0.39 is 44.3 Å². The molecule has 20 heavy (non-hydrogen) atoms. The summed E-state index contributed by atoms with van der Waals surface area (Å²) in [5.74, 6) is -4.30. The van der Waals surface area contributed by atoms with Crippen molar-refractivity contribution >= 4 is 16.0 Å². The van der Waals surface area contributed by atoms with Crippen molar-refractivity contribution in [3.05, 3.63) is 23.8 Å². The highest BCUT2D eigenvalue weighted by molar-refractivity contribution is 7.89. The number of hydrogen-bond acceptors (Lipinski definition) is 4. The molecule has 6 nitrogen and oxygen atoms in total. The molecule has 112 valence electrons. The maximum Gasteiger partial charge on any atom is 0.321 e. The van der Waals surface area contributed by atoms with Crippen LogP contribution in [0, 0.1) is 11.6 Å². The average molecular weight is 309 g/mol. The molecular formula is C11H13F2NO5S. The molecule has 0 heterocycles. The van der Waals surface area contributed by atoms with Gasteiger partial charge in [-0.25, -0.2) is 17.2 Å². The highest BCUT2D eigenvalue weighted by atomic mass is 32.2. The monoisotopic (exact) mass is 309 g/mol. The Morgan fingerprint density at radius 2 is 1.95 bits per heavy atom. The van der Waals surface area contributed by atoms with Crippen LogP contribution in [-0.4, -0.2) is 44.0 Å². The Kier molecular flexibility index (Phi) is 4.66. The van der Waals surface area contributed by atoms with Gasteiger partial charge < -0.3 is 9.84 Å². The topological polar surface area (TPSA) is 83.9 Å². The van der Waals surface area contributed by atoms with E-state index in [0.29, 0.717) is 16.4 Å². The largest absolute Gasteiger partial charge is 0.495 e. The summed E-state index contributed by atoms with van der Waals surface area (Å²) in [4.78, 5) is 9.92. The number of methoxy groups -OCH3 is 1. The van der Waals surface area contributed by atoms with E-state index in [2.05, 4.69) is 4.74 Å². The minimum absolute atomic E-state index is 0.384. The fourth-order valence-electron chi connectivity index (χ4n) is 1.45. The molecule has 1 aromatic rings. The molecule has 9 heteroatoms. The molecule has 1 atom stereocenters. The summed E-state index contributed by atoms with van der Waals surface area (Å²) in [6, 6.07) is -0.335. The van der Waals surface area contributed by atoms with Gasteiger partial charge in [-0.3, -0.25) is 4.79 Å². The molecule has 0 bridgehead atoms. The number of halogens is 2. The molecule has 1 N–H and O–H groups in total. The Labute approximate surface area is 114 Å². The fraction of sp³-hybridized carbons (Fsp3) is 0.364. The minimum atomic E-state index is -4.49. The van der Waals surface area contributed by atoms with Crippen LogP contribution in [0.4, 0.5) is 8.78 Å². The van der Waals surface area contributed by atoms with Crippen LogP contribution in [0.1, 0.15) is 6.92 Å². The normalized spacial score (nSPS) is 13.3. The van der Waals surface area contributed by atoms with Crippen LogP contribution in [0.2, 0.25) is 0 Å². The first kappa shape index (κ1) is 16.3. The number of carboxylic acid groups (broad SMARTS) is 1. The van der Waals surface area contributed by atoms with E-state index in [0.717, 1.165) is 21.1 Å². The lowest BCUT2D eigenvalue weighted by Crippen LogP contribution is -2.40. The Morgan fingerprint density at radius 3 is 2.40 bits per heavy atom. The van der Waals surface area contributed by atoms with Gasteiger partial charge in [0.25, 0.3) is 0 Å². The summed E-state index contributed by atoms with van der Waals surface area (Å²) in [6.45, 7) is 1.12. The summed E-state index contributed by atoms with van der Waals surface area (Å²) >= 11 is 0. The van der Waals surface area contributed by atoms with E-state index in [4.69, 9.17) is 5.11 Å². The van der Waals surface area contributed by atoms with Crippen LogP contribution in [0.25, 0.3) is 0 Å². The molecule has 0 saturated carbocycles. The second-order valence-electron chi connectivity index (χ2n) is 3.95. The van der Waals surface area contributed by atoms with Gasteiger partial charge in [-0.05, 0) is 6.92 Å². The Morgan fingerprint density at radius 1 is 1.40 bits per heavy atom. The van der Waals surface area contributed by atoms with Crippen molar-refractivity contribution in [2.24, 2.45) is 0 Å². The third-order valence-corrected chi connectivity index (χ3v) is 4.72. The van der Waals surface area contributed by atoms with Gasteiger partial charge in [0, 0.05) is 19.2 Å². The molecule has 0 spiro atoms. The molecule has 1 aromatic carbocycles. The molecule has 1 rings (SSSR count). The van der Waals surface area contributed by atoms with Gasteiger partial charge >= 0.3 is 5.97 Å². The van der Waals surface area contributed by atoms with Crippen molar-refractivity contribution in [1.82, 2.24) is 4.31 Å². The SMILES string of the molecule is COc1cc(F)cc(F)c1S(=O)(=O)N(C)[C@H](C)C(=O)O. The first-order valence-corrected chi connectivity index (χ1v) is 6.80. The van der Waals surface area contributed by atoms with E-state index in [9.17, 15) is 22.0 Å². The zero-order valence-corrected chi connectivity index (χ0v) is 11.7. The van der Waals surface area contributed by atoms with Crippen LogP contribution in [0.15, 0.2) is 17.0 Å². The number of sulfonamides is 1. The molecule has 0 amide bonds. The van der Waals surface area contributed by atoms with Crippen LogP contribution in [0.3, 0.4) is 0 Å². The first-order chi connectivity index (χ1) is 9.12. The third kappa shape index (κ3) is 2.88. The lowest BCUT2D eigenvalue weighted by atomic mass is 10.3. The van der Waals surface area contributed by atoms with Crippen molar-refractivity contribution in [3.8, 4) is 5.75 Å². The van der Waals surface area contributed by atoms with Crippen LogP contribution in [0.5, 0.6) is 5.75 Å². The lowest BCUT2D eigenvalue weighted by molar-refractivity contribution is -0.140. The zero-order chi connectivity index (χ0) is 15.7. The van der Waals surface area contributed by atoms with Gasteiger partial charge in [-0.1, -0.05) is 0 Å². The molecule has 0 aliphatic rings. The van der Waals surface area contributed by atoms with E-state index in [1.54, 1.807) is 0 Å². The summed E-state index contributed by atoms with van der Waals surface area (Å²) < 4.78 is 56.3. The smallest absolute Gasteiger partial charge is 0.321 e. The predicted octanol–water partition coefficient (Wildman–Crippen LogP) is 1.07. The third-order valence-electron chi connectivity index (χ3n) is 2.73. The highest BCUT2D eigenvalue weighted by Crippen LogP contribution is 2.30. The van der Waals surface area contributed by atoms with Gasteiger partial charge in [-0.2, -0.15) is 4.31 Å². The van der Waals surface area contributed by atoms with E-state index in [-0.39, 0.29) is 0 Å².